The van der Waals surface area contributed by atoms with E-state index in [1.807, 2.05) is 24.3 Å². The highest BCUT2D eigenvalue weighted by molar-refractivity contribution is 7.15. The highest BCUT2D eigenvalue weighted by Crippen LogP contribution is 2.22. The molecule has 0 saturated heterocycles. The fraction of sp³-hybridized carbons (Fsp3) is 0.0667. The van der Waals surface area contributed by atoms with Crippen LogP contribution in [-0.4, -0.2) is 20.9 Å². The minimum absolute atomic E-state index is 0.258. The van der Waals surface area contributed by atoms with Gasteiger partial charge in [-0.3, -0.25) is 15.1 Å². The number of hydrogen-bond donors (Lipinski definition) is 1. The number of aromatic nitrogens is 3. The van der Waals surface area contributed by atoms with E-state index in [2.05, 4.69) is 20.3 Å². The molecule has 2 heterocycles. The third-order valence-corrected chi connectivity index (χ3v) is 3.99. The minimum atomic E-state index is -0.322. The zero-order chi connectivity index (χ0) is 15.4. The lowest BCUT2D eigenvalue weighted by Crippen LogP contribution is -2.13. The fourth-order valence-corrected chi connectivity index (χ4v) is 2.93. The first-order chi connectivity index (χ1) is 10.7. The van der Waals surface area contributed by atoms with Crippen LogP contribution < -0.4 is 5.32 Å². The molecule has 1 N–H and O–H groups in total. The lowest BCUT2D eigenvalue weighted by atomic mass is 10.1. The van der Waals surface area contributed by atoms with Crippen LogP contribution in [0.5, 0.6) is 0 Å². The van der Waals surface area contributed by atoms with Gasteiger partial charge in [-0.15, -0.1) is 11.3 Å². The summed E-state index contributed by atoms with van der Waals surface area (Å²) in [7, 11) is 0. The predicted octanol–water partition coefficient (Wildman–Crippen LogP) is 3.43. The summed E-state index contributed by atoms with van der Waals surface area (Å²) in [6.45, 7) is 0. The lowest BCUT2D eigenvalue weighted by molar-refractivity contribution is 0.102. The van der Waals surface area contributed by atoms with Gasteiger partial charge in [-0.25, -0.2) is 9.97 Å². The smallest absolute Gasteiger partial charge is 0.277 e. The molecule has 0 saturated carbocycles. The van der Waals surface area contributed by atoms with E-state index in [1.54, 1.807) is 6.20 Å². The monoisotopic (exact) mass is 330 g/mol. The van der Waals surface area contributed by atoms with Gasteiger partial charge >= 0.3 is 0 Å². The molecule has 0 atom stereocenters. The van der Waals surface area contributed by atoms with Crippen molar-refractivity contribution in [2.24, 2.45) is 0 Å². The van der Waals surface area contributed by atoms with Gasteiger partial charge in [-0.1, -0.05) is 23.7 Å². The summed E-state index contributed by atoms with van der Waals surface area (Å²) >= 11 is 7.39. The van der Waals surface area contributed by atoms with Crippen LogP contribution in [0.15, 0.2) is 49.1 Å². The number of nitrogens with zero attached hydrogens (tertiary/aromatic N) is 3. The molecular formula is C15H11ClN4OS. The molecule has 0 radical (unpaired) electrons. The number of anilines is 1. The van der Waals surface area contributed by atoms with Crippen molar-refractivity contribution in [3.8, 4) is 0 Å². The Kier molecular flexibility index (Phi) is 4.41. The van der Waals surface area contributed by atoms with Crippen molar-refractivity contribution < 1.29 is 4.79 Å². The van der Waals surface area contributed by atoms with Crippen LogP contribution in [0.3, 0.4) is 0 Å². The van der Waals surface area contributed by atoms with Gasteiger partial charge in [-0.2, -0.15) is 0 Å². The van der Waals surface area contributed by atoms with Crippen LogP contribution in [-0.2, 0) is 6.42 Å². The van der Waals surface area contributed by atoms with Gasteiger partial charge in [0.2, 0.25) is 0 Å². The van der Waals surface area contributed by atoms with Crippen molar-refractivity contribution in [3.63, 3.8) is 0 Å². The maximum absolute atomic E-state index is 12.0. The largest absolute Gasteiger partial charge is 0.296 e. The Bertz CT molecular complexity index is 791. The average molecular weight is 331 g/mol. The molecule has 3 aromatic rings. The fourth-order valence-electron chi connectivity index (χ4n) is 1.87. The van der Waals surface area contributed by atoms with E-state index in [-0.39, 0.29) is 11.6 Å². The highest BCUT2D eigenvalue weighted by atomic mass is 35.5. The minimum Gasteiger partial charge on any atom is -0.296 e. The molecule has 110 valence electrons. The summed E-state index contributed by atoms with van der Waals surface area (Å²) < 4.78 is 0. The van der Waals surface area contributed by atoms with E-state index in [0.29, 0.717) is 10.2 Å². The van der Waals surface area contributed by atoms with Gasteiger partial charge in [0, 0.05) is 34.9 Å². The first kappa shape index (κ1) is 14.6. The van der Waals surface area contributed by atoms with Crippen molar-refractivity contribution >= 4 is 34.0 Å². The van der Waals surface area contributed by atoms with E-state index in [9.17, 15) is 4.79 Å². The van der Waals surface area contributed by atoms with Gasteiger partial charge in [-0.05, 0) is 17.7 Å². The Morgan fingerprint density at radius 1 is 1.23 bits per heavy atom. The molecule has 7 heteroatoms. The number of carbonyl (C=O) groups excluding carboxylic acids is 1. The predicted molar refractivity (Wildman–Crippen MR) is 86.4 cm³/mol. The molecule has 0 aliphatic rings. The summed E-state index contributed by atoms with van der Waals surface area (Å²) in [6, 6.07) is 7.67. The van der Waals surface area contributed by atoms with E-state index >= 15 is 0 Å². The van der Waals surface area contributed by atoms with E-state index in [4.69, 9.17) is 11.6 Å². The summed E-state index contributed by atoms with van der Waals surface area (Å²) in [4.78, 5) is 25.0. The SMILES string of the molecule is O=C(Nc1ncc(Cc2cccc(Cl)c2)s1)c1cnccn1. The number of benzene rings is 1. The number of rotatable bonds is 4. The summed E-state index contributed by atoms with van der Waals surface area (Å²) in [5.41, 5.74) is 1.36. The van der Waals surface area contributed by atoms with Gasteiger partial charge < -0.3 is 0 Å². The van der Waals surface area contributed by atoms with E-state index in [1.165, 1.54) is 29.9 Å². The standard InChI is InChI=1S/C15H11ClN4OS/c16-11-3-1-2-10(6-11)7-12-8-19-15(22-12)20-14(21)13-9-17-4-5-18-13/h1-6,8-9H,7H2,(H,19,20,21). The van der Waals surface area contributed by atoms with Crippen LogP contribution in [0.4, 0.5) is 5.13 Å². The van der Waals surface area contributed by atoms with Gasteiger partial charge in [0.15, 0.2) is 5.13 Å². The number of amides is 1. The van der Waals surface area contributed by atoms with Crippen molar-refractivity contribution in [3.05, 3.63) is 70.2 Å². The van der Waals surface area contributed by atoms with Gasteiger partial charge in [0.05, 0.1) is 6.20 Å². The van der Waals surface area contributed by atoms with E-state index in [0.717, 1.165) is 16.9 Å². The first-order valence-corrected chi connectivity index (χ1v) is 7.66. The topological polar surface area (TPSA) is 67.8 Å². The second-order valence-corrected chi connectivity index (χ2v) is 6.03. The molecule has 2 aromatic heterocycles. The number of halogens is 1. The first-order valence-electron chi connectivity index (χ1n) is 6.47. The van der Waals surface area contributed by atoms with Crippen molar-refractivity contribution in [2.45, 2.75) is 6.42 Å². The molecule has 22 heavy (non-hydrogen) atoms. The molecule has 0 bridgehead atoms. The Morgan fingerprint density at radius 3 is 2.91 bits per heavy atom. The second kappa shape index (κ2) is 6.64. The normalized spacial score (nSPS) is 10.4. The molecule has 1 amide bonds. The molecule has 0 fully saturated rings. The molecule has 3 rings (SSSR count). The zero-order valence-electron chi connectivity index (χ0n) is 11.4. The molecule has 0 spiro atoms. The molecule has 0 aliphatic heterocycles. The maximum atomic E-state index is 12.0. The van der Waals surface area contributed by atoms with Crippen LogP contribution >= 0.6 is 22.9 Å². The Balaban J connectivity index is 1.68. The third-order valence-electron chi connectivity index (χ3n) is 2.84. The van der Waals surface area contributed by atoms with Gasteiger partial charge in [0.1, 0.15) is 5.69 Å². The molecule has 1 aromatic carbocycles. The quantitative estimate of drug-likeness (QED) is 0.795. The van der Waals surface area contributed by atoms with Crippen molar-refractivity contribution in [2.75, 3.05) is 5.32 Å². The Labute approximate surface area is 136 Å². The maximum Gasteiger partial charge on any atom is 0.277 e. The average Bonchev–Trinajstić information content (AvgIpc) is 2.95. The van der Waals surface area contributed by atoms with Crippen LogP contribution in [0.2, 0.25) is 5.02 Å². The molecular weight excluding hydrogens is 320 g/mol. The lowest BCUT2D eigenvalue weighted by Gasteiger charge is -2.00. The summed E-state index contributed by atoms with van der Waals surface area (Å²) in [5.74, 6) is -0.322. The van der Waals surface area contributed by atoms with Crippen LogP contribution in [0.25, 0.3) is 0 Å². The zero-order valence-corrected chi connectivity index (χ0v) is 12.9. The summed E-state index contributed by atoms with van der Waals surface area (Å²) in [5, 5.41) is 3.96. The number of thiazole rings is 1. The number of hydrogen-bond acceptors (Lipinski definition) is 5. The third kappa shape index (κ3) is 3.66. The van der Waals surface area contributed by atoms with Crippen LogP contribution in [0, 0.1) is 0 Å². The Morgan fingerprint density at radius 2 is 2.14 bits per heavy atom. The van der Waals surface area contributed by atoms with Crippen molar-refractivity contribution in [1.29, 1.82) is 0 Å². The molecule has 5 nitrogen and oxygen atoms in total. The summed E-state index contributed by atoms with van der Waals surface area (Å²) in [6.07, 6.45) is 6.87. The van der Waals surface area contributed by atoms with Gasteiger partial charge in [0.25, 0.3) is 5.91 Å². The van der Waals surface area contributed by atoms with Crippen molar-refractivity contribution in [1.82, 2.24) is 15.0 Å². The molecule has 0 aliphatic carbocycles. The Hall–Kier alpha value is -2.31. The number of nitrogens with one attached hydrogen (secondary N) is 1. The number of carbonyl (C=O) groups is 1. The molecule has 0 unspecified atom stereocenters. The van der Waals surface area contributed by atoms with E-state index < -0.39 is 0 Å². The highest BCUT2D eigenvalue weighted by Gasteiger charge is 2.10. The van der Waals surface area contributed by atoms with Crippen LogP contribution in [0.1, 0.15) is 20.9 Å². The second-order valence-electron chi connectivity index (χ2n) is 4.48.